The maximum Gasteiger partial charge on any atom is 0.309 e. The molecule has 3 unspecified atom stereocenters. The van der Waals surface area contributed by atoms with Crippen LogP contribution in [0.2, 0.25) is 0 Å². The summed E-state index contributed by atoms with van der Waals surface area (Å²) in [6, 6.07) is 0. The summed E-state index contributed by atoms with van der Waals surface area (Å²) in [6.07, 6.45) is 2.74. The zero-order valence-electron chi connectivity index (χ0n) is 9.49. The fraction of sp³-hybridized carbons (Fsp3) is 0.818. The van der Waals surface area contributed by atoms with Crippen molar-refractivity contribution in [2.75, 3.05) is 14.2 Å². The van der Waals surface area contributed by atoms with Crippen molar-refractivity contribution in [1.82, 2.24) is 0 Å². The SMILES string of the molecule is CCCC1CC(C(=O)OC)C1C(=O)OC. The van der Waals surface area contributed by atoms with E-state index in [0.29, 0.717) is 0 Å². The third-order valence-electron chi connectivity index (χ3n) is 3.13. The van der Waals surface area contributed by atoms with Crippen molar-refractivity contribution >= 4 is 11.9 Å². The van der Waals surface area contributed by atoms with Crippen LogP contribution in [0.1, 0.15) is 26.2 Å². The van der Waals surface area contributed by atoms with Crippen LogP contribution in [-0.4, -0.2) is 26.2 Å². The molecule has 0 aromatic rings. The molecule has 1 rings (SSSR count). The van der Waals surface area contributed by atoms with Gasteiger partial charge in [0.2, 0.25) is 0 Å². The first-order valence-corrected chi connectivity index (χ1v) is 5.31. The number of methoxy groups -OCH3 is 2. The zero-order valence-corrected chi connectivity index (χ0v) is 9.49. The Kier molecular flexibility index (Phi) is 4.12. The van der Waals surface area contributed by atoms with E-state index in [0.717, 1.165) is 19.3 Å². The molecule has 0 aromatic carbocycles. The second-order valence-electron chi connectivity index (χ2n) is 3.96. The summed E-state index contributed by atoms with van der Waals surface area (Å²) < 4.78 is 9.37. The second-order valence-corrected chi connectivity index (χ2v) is 3.96. The van der Waals surface area contributed by atoms with Crippen LogP contribution in [0.15, 0.2) is 0 Å². The Balaban J connectivity index is 2.63. The van der Waals surface area contributed by atoms with Crippen LogP contribution in [0.25, 0.3) is 0 Å². The zero-order chi connectivity index (χ0) is 11.4. The Hall–Kier alpha value is -1.06. The van der Waals surface area contributed by atoms with Gasteiger partial charge >= 0.3 is 11.9 Å². The number of rotatable bonds is 4. The molecule has 1 saturated carbocycles. The average molecular weight is 214 g/mol. The van der Waals surface area contributed by atoms with Gasteiger partial charge in [0, 0.05) is 0 Å². The molecule has 0 bridgehead atoms. The van der Waals surface area contributed by atoms with E-state index in [1.54, 1.807) is 0 Å². The van der Waals surface area contributed by atoms with Crippen molar-refractivity contribution in [2.45, 2.75) is 26.2 Å². The minimum Gasteiger partial charge on any atom is -0.469 e. The van der Waals surface area contributed by atoms with Gasteiger partial charge in [0.05, 0.1) is 26.1 Å². The molecule has 0 N–H and O–H groups in total. The van der Waals surface area contributed by atoms with E-state index >= 15 is 0 Å². The van der Waals surface area contributed by atoms with Gasteiger partial charge in [0.15, 0.2) is 0 Å². The standard InChI is InChI=1S/C11H18O4/c1-4-5-7-6-8(10(12)14-2)9(7)11(13)15-3/h7-9H,4-6H2,1-3H3. The molecule has 0 aromatic heterocycles. The molecule has 4 heteroatoms. The molecule has 1 aliphatic carbocycles. The van der Waals surface area contributed by atoms with E-state index in [2.05, 4.69) is 11.7 Å². The van der Waals surface area contributed by atoms with Crippen LogP contribution < -0.4 is 0 Å². The number of esters is 2. The molecule has 86 valence electrons. The fourth-order valence-corrected chi connectivity index (χ4v) is 2.31. The lowest BCUT2D eigenvalue weighted by Gasteiger charge is -2.40. The summed E-state index contributed by atoms with van der Waals surface area (Å²) in [5.74, 6) is -0.874. The van der Waals surface area contributed by atoms with Crippen LogP contribution in [0.3, 0.4) is 0 Å². The highest BCUT2D eigenvalue weighted by molar-refractivity contribution is 5.84. The molecule has 0 spiro atoms. The van der Waals surface area contributed by atoms with E-state index in [1.165, 1.54) is 14.2 Å². The van der Waals surface area contributed by atoms with Crippen LogP contribution >= 0.6 is 0 Å². The maximum atomic E-state index is 11.5. The van der Waals surface area contributed by atoms with Crippen molar-refractivity contribution in [3.05, 3.63) is 0 Å². The molecule has 3 atom stereocenters. The first-order valence-electron chi connectivity index (χ1n) is 5.31. The summed E-state index contributed by atoms with van der Waals surface area (Å²) in [7, 11) is 2.71. The van der Waals surface area contributed by atoms with Crippen LogP contribution in [0.4, 0.5) is 0 Å². The largest absolute Gasteiger partial charge is 0.469 e. The van der Waals surface area contributed by atoms with Gasteiger partial charge in [-0.05, 0) is 18.8 Å². The van der Waals surface area contributed by atoms with Crippen LogP contribution in [-0.2, 0) is 19.1 Å². The number of carbonyl (C=O) groups excluding carboxylic acids is 2. The van der Waals surface area contributed by atoms with Crippen LogP contribution in [0, 0.1) is 17.8 Å². The van der Waals surface area contributed by atoms with Crippen molar-refractivity contribution in [3.8, 4) is 0 Å². The molecule has 0 aliphatic heterocycles. The summed E-state index contributed by atoms with van der Waals surface area (Å²) in [5, 5.41) is 0. The molecule has 0 amide bonds. The highest BCUT2D eigenvalue weighted by Gasteiger charge is 2.50. The van der Waals surface area contributed by atoms with Crippen molar-refractivity contribution in [3.63, 3.8) is 0 Å². The number of hydrogen-bond acceptors (Lipinski definition) is 4. The van der Waals surface area contributed by atoms with E-state index in [1.807, 2.05) is 0 Å². The summed E-state index contributed by atoms with van der Waals surface area (Å²) in [6.45, 7) is 2.07. The van der Waals surface area contributed by atoms with Crippen molar-refractivity contribution in [2.24, 2.45) is 17.8 Å². The average Bonchev–Trinajstić information content (AvgIpc) is 2.22. The van der Waals surface area contributed by atoms with Gasteiger partial charge in [-0.15, -0.1) is 0 Å². The Morgan fingerprint density at radius 2 is 1.80 bits per heavy atom. The summed E-state index contributed by atoms with van der Waals surface area (Å²) in [5.41, 5.74) is 0. The smallest absolute Gasteiger partial charge is 0.309 e. The topological polar surface area (TPSA) is 52.6 Å². The molecule has 0 saturated heterocycles. The lowest BCUT2D eigenvalue weighted by molar-refractivity contribution is -0.170. The van der Waals surface area contributed by atoms with E-state index in [4.69, 9.17) is 4.74 Å². The Bertz CT molecular complexity index is 249. The van der Waals surface area contributed by atoms with E-state index in [-0.39, 0.29) is 29.7 Å². The second kappa shape index (κ2) is 5.14. The van der Waals surface area contributed by atoms with Gasteiger partial charge < -0.3 is 9.47 Å². The summed E-state index contributed by atoms with van der Waals surface area (Å²) in [4.78, 5) is 22.8. The first-order chi connectivity index (χ1) is 7.15. The lowest BCUT2D eigenvalue weighted by Crippen LogP contribution is -2.47. The third-order valence-corrected chi connectivity index (χ3v) is 3.13. The monoisotopic (exact) mass is 214 g/mol. The Morgan fingerprint density at radius 3 is 2.27 bits per heavy atom. The van der Waals surface area contributed by atoms with Crippen LogP contribution in [0.5, 0.6) is 0 Å². The molecule has 0 heterocycles. The molecule has 1 aliphatic rings. The molecule has 4 nitrogen and oxygen atoms in total. The first kappa shape index (κ1) is 12.0. The Labute approximate surface area is 89.9 Å². The van der Waals surface area contributed by atoms with Crippen molar-refractivity contribution < 1.29 is 19.1 Å². The number of carbonyl (C=O) groups is 2. The Morgan fingerprint density at radius 1 is 1.20 bits per heavy atom. The van der Waals surface area contributed by atoms with Gasteiger partial charge in [-0.1, -0.05) is 13.3 Å². The quantitative estimate of drug-likeness (QED) is 0.663. The third kappa shape index (κ3) is 2.30. The molecule has 0 radical (unpaired) electrons. The van der Waals surface area contributed by atoms with Gasteiger partial charge in [-0.3, -0.25) is 9.59 Å². The van der Waals surface area contributed by atoms with Gasteiger partial charge in [0.25, 0.3) is 0 Å². The lowest BCUT2D eigenvalue weighted by atomic mass is 9.63. The highest BCUT2D eigenvalue weighted by atomic mass is 16.5. The molecular formula is C11H18O4. The minimum atomic E-state index is -0.294. The fourth-order valence-electron chi connectivity index (χ4n) is 2.31. The molecule has 15 heavy (non-hydrogen) atoms. The highest BCUT2D eigenvalue weighted by Crippen LogP contribution is 2.44. The maximum absolute atomic E-state index is 11.5. The van der Waals surface area contributed by atoms with E-state index in [9.17, 15) is 9.59 Å². The van der Waals surface area contributed by atoms with Gasteiger partial charge in [0.1, 0.15) is 0 Å². The van der Waals surface area contributed by atoms with Gasteiger partial charge in [-0.2, -0.15) is 0 Å². The number of ether oxygens (including phenoxy) is 2. The minimum absolute atomic E-state index is 0.282. The van der Waals surface area contributed by atoms with E-state index < -0.39 is 0 Å². The molecule has 1 fully saturated rings. The van der Waals surface area contributed by atoms with Gasteiger partial charge in [-0.25, -0.2) is 0 Å². The van der Waals surface area contributed by atoms with Crippen molar-refractivity contribution in [1.29, 1.82) is 0 Å². The molecular weight excluding hydrogens is 196 g/mol. The predicted octanol–water partition coefficient (Wildman–Crippen LogP) is 1.38. The summed E-state index contributed by atoms with van der Waals surface area (Å²) >= 11 is 0. The normalized spacial score (nSPS) is 29.1. The predicted molar refractivity (Wildman–Crippen MR) is 54.0 cm³/mol. The number of hydrogen-bond donors (Lipinski definition) is 0.